The zero-order chi connectivity index (χ0) is 18.6. The molecule has 1 atom stereocenters. The number of primary amides is 1. The molecular weight excluding hydrogens is 320 g/mol. The number of nitrogens with one attached hydrogen (secondary N) is 1. The molecule has 0 aromatic carbocycles. The van der Waals surface area contributed by atoms with Gasteiger partial charge in [0.1, 0.15) is 0 Å². The molecule has 1 aliphatic rings. The maximum absolute atomic E-state index is 12.6. The van der Waals surface area contributed by atoms with Crippen LogP contribution >= 0.6 is 0 Å². The van der Waals surface area contributed by atoms with E-state index in [0.29, 0.717) is 36.8 Å². The molecule has 0 radical (unpaired) electrons. The molecule has 2 rings (SSSR count). The van der Waals surface area contributed by atoms with Crippen molar-refractivity contribution in [2.45, 2.75) is 40.0 Å². The second kappa shape index (κ2) is 7.72. The standard InChI is InChI=1S/C18H28N4O3/c1-12-14(7-8-15(20-12)25-4)21-17(24)22-9-5-6-13(11-22)10-18(2,3)16(19)23/h7-8,13H,5-6,9-11H2,1-4H3,(H2,19,23)(H,21,24). The quantitative estimate of drug-likeness (QED) is 0.854. The van der Waals surface area contributed by atoms with Gasteiger partial charge in [0.25, 0.3) is 0 Å². The van der Waals surface area contributed by atoms with Crippen LogP contribution in [0.15, 0.2) is 12.1 Å². The highest BCUT2D eigenvalue weighted by Gasteiger charge is 2.32. The number of amides is 3. The maximum atomic E-state index is 12.6. The van der Waals surface area contributed by atoms with Gasteiger partial charge in [0, 0.05) is 24.6 Å². The molecule has 3 N–H and O–H groups in total. The number of piperidine rings is 1. The summed E-state index contributed by atoms with van der Waals surface area (Å²) < 4.78 is 5.08. The molecule has 25 heavy (non-hydrogen) atoms. The topological polar surface area (TPSA) is 97.5 Å². The maximum Gasteiger partial charge on any atom is 0.321 e. The second-order valence-corrected chi connectivity index (χ2v) is 7.32. The van der Waals surface area contributed by atoms with Crippen molar-refractivity contribution >= 4 is 17.6 Å². The van der Waals surface area contributed by atoms with Crippen LogP contribution in [0.4, 0.5) is 10.5 Å². The van der Waals surface area contributed by atoms with Crippen LogP contribution in [-0.4, -0.2) is 42.0 Å². The van der Waals surface area contributed by atoms with Gasteiger partial charge in [-0.2, -0.15) is 0 Å². The van der Waals surface area contributed by atoms with E-state index in [9.17, 15) is 9.59 Å². The highest BCUT2D eigenvalue weighted by atomic mass is 16.5. The largest absolute Gasteiger partial charge is 0.481 e. The van der Waals surface area contributed by atoms with Crippen LogP contribution in [0.1, 0.15) is 38.8 Å². The number of aromatic nitrogens is 1. The van der Waals surface area contributed by atoms with Gasteiger partial charge in [-0.1, -0.05) is 13.8 Å². The monoisotopic (exact) mass is 348 g/mol. The summed E-state index contributed by atoms with van der Waals surface area (Å²) in [6, 6.07) is 3.37. The molecule has 138 valence electrons. The van der Waals surface area contributed by atoms with Crippen molar-refractivity contribution in [3.8, 4) is 5.88 Å². The Kier molecular flexibility index (Phi) is 5.87. The molecule has 3 amide bonds. The second-order valence-electron chi connectivity index (χ2n) is 7.32. The van der Waals surface area contributed by atoms with Crippen molar-refractivity contribution in [1.82, 2.24) is 9.88 Å². The fourth-order valence-electron chi connectivity index (χ4n) is 3.22. The van der Waals surface area contributed by atoms with Gasteiger partial charge < -0.3 is 20.7 Å². The summed E-state index contributed by atoms with van der Waals surface area (Å²) in [4.78, 5) is 30.2. The number of hydrogen-bond donors (Lipinski definition) is 2. The summed E-state index contributed by atoms with van der Waals surface area (Å²) in [6.45, 7) is 6.89. The summed E-state index contributed by atoms with van der Waals surface area (Å²) in [7, 11) is 1.56. The lowest BCUT2D eigenvalue weighted by atomic mass is 9.79. The third-order valence-electron chi connectivity index (χ3n) is 4.78. The van der Waals surface area contributed by atoms with E-state index in [1.807, 2.05) is 20.8 Å². The number of aryl methyl sites for hydroxylation is 1. The van der Waals surface area contributed by atoms with Gasteiger partial charge in [-0.05, 0) is 38.2 Å². The lowest BCUT2D eigenvalue weighted by molar-refractivity contribution is -0.127. The van der Waals surface area contributed by atoms with Crippen molar-refractivity contribution in [1.29, 1.82) is 0 Å². The number of carbonyl (C=O) groups excluding carboxylic acids is 2. The molecule has 0 bridgehead atoms. The van der Waals surface area contributed by atoms with Gasteiger partial charge in [-0.3, -0.25) is 4.79 Å². The van der Waals surface area contributed by atoms with Gasteiger partial charge in [-0.25, -0.2) is 9.78 Å². The van der Waals surface area contributed by atoms with Crippen LogP contribution in [0, 0.1) is 18.3 Å². The fourth-order valence-corrected chi connectivity index (χ4v) is 3.22. The third-order valence-corrected chi connectivity index (χ3v) is 4.78. The van der Waals surface area contributed by atoms with E-state index >= 15 is 0 Å². The Bertz CT molecular complexity index is 645. The molecule has 1 fully saturated rings. The Balaban J connectivity index is 1.99. The summed E-state index contributed by atoms with van der Waals surface area (Å²) in [5.74, 6) is 0.494. The minimum absolute atomic E-state index is 0.142. The number of ether oxygens (including phenoxy) is 1. The summed E-state index contributed by atoms with van der Waals surface area (Å²) in [6.07, 6.45) is 2.62. The number of carbonyl (C=O) groups is 2. The van der Waals surface area contributed by atoms with Gasteiger partial charge in [0.2, 0.25) is 11.8 Å². The lowest BCUT2D eigenvalue weighted by Gasteiger charge is -2.36. The molecule has 1 aromatic rings. The van der Waals surface area contributed by atoms with E-state index in [-0.39, 0.29) is 17.9 Å². The van der Waals surface area contributed by atoms with Crippen molar-refractivity contribution in [2.75, 3.05) is 25.5 Å². The summed E-state index contributed by atoms with van der Waals surface area (Å²) in [5.41, 5.74) is 6.30. The fraction of sp³-hybridized carbons (Fsp3) is 0.611. The number of nitrogens with zero attached hydrogens (tertiary/aromatic N) is 2. The Morgan fingerprint density at radius 3 is 2.76 bits per heavy atom. The molecule has 1 aromatic heterocycles. The molecule has 7 heteroatoms. The molecule has 2 heterocycles. The first-order valence-corrected chi connectivity index (χ1v) is 8.60. The first kappa shape index (κ1) is 19.0. The van der Waals surface area contributed by atoms with Gasteiger partial charge in [0.05, 0.1) is 18.5 Å². The number of anilines is 1. The van der Waals surface area contributed by atoms with E-state index in [4.69, 9.17) is 10.5 Å². The van der Waals surface area contributed by atoms with E-state index < -0.39 is 5.41 Å². The molecule has 1 saturated heterocycles. The van der Waals surface area contributed by atoms with Crippen LogP contribution in [-0.2, 0) is 4.79 Å². The SMILES string of the molecule is COc1ccc(NC(=O)N2CCCC(CC(C)(C)C(N)=O)C2)c(C)n1. The molecule has 1 unspecified atom stereocenters. The van der Waals surface area contributed by atoms with E-state index in [0.717, 1.165) is 12.8 Å². The Labute approximate surface area is 148 Å². The van der Waals surface area contributed by atoms with Crippen molar-refractivity contribution in [3.05, 3.63) is 17.8 Å². The van der Waals surface area contributed by atoms with E-state index in [1.165, 1.54) is 0 Å². The van der Waals surface area contributed by atoms with Crippen LogP contribution in [0.3, 0.4) is 0 Å². The normalized spacial score (nSPS) is 17.9. The molecular formula is C18H28N4O3. The highest BCUT2D eigenvalue weighted by molar-refractivity contribution is 5.90. The average Bonchev–Trinajstić information content (AvgIpc) is 2.56. The number of hydrogen-bond acceptors (Lipinski definition) is 4. The molecule has 7 nitrogen and oxygen atoms in total. The smallest absolute Gasteiger partial charge is 0.321 e. The minimum atomic E-state index is -0.555. The molecule has 0 saturated carbocycles. The van der Waals surface area contributed by atoms with Crippen molar-refractivity contribution in [3.63, 3.8) is 0 Å². The van der Waals surface area contributed by atoms with Gasteiger partial charge >= 0.3 is 6.03 Å². The van der Waals surface area contributed by atoms with Crippen molar-refractivity contribution in [2.24, 2.45) is 17.1 Å². The van der Waals surface area contributed by atoms with Crippen LogP contribution in [0.5, 0.6) is 5.88 Å². The predicted octanol–water partition coefficient (Wildman–Crippen LogP) is 2.54. The number of likely N-dealkylation sites (tertiary alicyclic amines) is 1. The van der Waals surface area contributed by atoms with Gasteiger partial charge in [0.15, 0.2) is 0 Å². The third kappa shape index (κ3) is 4.84. The Hall–Kier alpha value is -2.31. The van der Waals surface area contributed by atoms with Crippen LogP contribution in [0.2, 0.25) is 0 Å². The van der Waals surface area contributed by atoms with Crippen LogP contribution in [0.25, 0.3) is 0 Å². The van der Waals surface area contributed by atoms with Gasteiger partial charge in [-0.15, -0.1) is 0 Å². The highest BCUT2D eigenvalue weighted by Crippen LogP contribution is 2.30. The molecule has 0 aliphatic carbocycles. The van der Waals surface area contributed by atoms with Crippen molar-refractivity contribution < 1.29 is 14.3 Å². The minimum Gasteiger partial charge on any atom is -0.481 e. The number of methoxy groups -OCH3 is 1. The Morgan fingerprint density at radius 2 is 2.16 bits per heavy atom. The first-order chi connectivity index (χ1) is 11.7. The van der Waals surface area contributed by atoms with Crippen LogP contribution < -0.4 is 15.8 Å². The molecule has 1 aliphatic heterocycles. The Morgan fingerprint density at radius 1 is 1.44 bits per heavy atom. The predicted molar refractivity (Wildman–Crippen MR) is 96.4 cm³/mol. The van der Waals surface area contributed by atoms with E-state index in [1.54, 1.807) is 24.1 Å². The zero-order valence-electron chi connectivity index (χ0n) is 15.5. The zero-order valence-corrected chi connectivity index (χ0v) is 15.5. The van der Waals surface area contributed by atoms with E-state index in [2.05, 4.69) is 10.3 Å². The number of urea groups is 1. The average molecular weight is 348 g/mol. The number of nitrogens with two attached hydrogens (primary N) is 1. The first-order valence-electron chi connectivity index (χ1n) is 8.60. The number of pyridine rings is 1. The molecule has 0 spiro atoms. The lowest BCUT2D eigenvalue weighted by Crippen LogP contribution is -2.44. The summed E-state index contributed by atoms with van der Waals surface area (Å²) in [5, 5.41) is 2.91. The number of rotatable bonds is 5. The summed E-state index contributed by atoms with van der Waals surface area (Å²) >= 11 is 0.